The van der Waals surface area contributed by atoms with Crippen LogP contribution in [0.15, 0.2) is 54.6 Å². The average Bonchev–Trinajstić information content (AvgIpc) is 2.55. The highest BCUT2D eigenvalue weighted by molar-refractivity contribution is 5.85. The third kappa shape index (κ3) is 3.94. The number of anilines is 3. The number of benzene rings is 2. The molecule has 0 aliphatic rings. The predicted octanol–water partition coefficient (Wildman–Crippen LogP) is 4.21. The first kappa shape index (κ1) is 17.6. The summed E-state index contributed by atoms with van der Waals surface area (Å²) in [6.45, 7) is 1.87. The van der Waals surface area contributed by atoms with Crippen molar-refractivity contribution in [2.24, 2.45) is 0 Å². The van der Waals surface area contributed by atoms with Gasteiger partial charge in [-0.05, 0) is 25.1 Å². The highest BCUT2D eigenvalue weighted by Gasteiger charge is 2.08. The molecule has 24 heavy (non-hydrogen) atoms. The fraction of sp³-hybridized carbons (Fsp3) is 0.111. The first-order valence-corrected chi connectivity index (χ1v) is 7.27. The molecular formula is C18H19ClN4O. The van der Waals surface area contributed by atoms with Crippen molar-refractivity contribution in [3.8, 4) is 17.0 Å². The van der Waals surface area contributed by atoms with E-state index in [2.05, 4.69) is 15.3 Å². The molecule has 0 unspecified atom stereocenters. The molecule has 3 rings (SSSR count). The predicted molar refractivity (Wildman–Crippen MR) is 100 cm³/mol. The second kappa shape index (κ2) is 7.66. The Bertz CT molecular complexity index is 825. The molecule has 0 saturated carbocycles. The summed E-state index contributed by atoms with van der Waals surface area (Å²) in [5.41, 5.74) is 9.19. The van der Waals surface area contributed by atoms with Gasteiger partial charge in [0.15, 0.2) is 0 Å². The third-order valence-corrected chi connectivity index (χ3v) is 3.39. The Morgan fingerprint density at radius 3 is 2.46 bits per heavy atom. The van der Waals surface area contributed by atoms with E-state index in [1.807, 2.05) is 55.5 Å². The summed E-state index contributed by atoms with van der Waals surface area (Å²) in [5.74, 6) is 2.09. The van der Waals surface area contributed by atoms with Gasteiger partial charge in [0.25, 0.3) is 0 Å². The lowest BCUT2D eigenvalue weighted by atomic mass is 10.1. The van der Waals surface area contributed by atoms with Crippen LogP contribution in [0.25, 0.3) is 11.3 Å². The van der Waals surface area contributed by atoms with E-state index >= 15 is 0 Å². The monoisotopic (exact) mass is 342 g/mol. The van der Waals surface area contributed by atoms with Gasteiger partial charge in [-0.15, -0.1) is 12.4 Å². The van der Waals surface area contributed by atoms with Crippen molar-refractivity contribution >= 4 is 29.6 Å². The number of halogens is 1. The van der Waals surface area contributed by atoms with E-state index in [0.717, 1.165) is 16.9 Å². The summed E-state index contributed by atoms with van der Waals surface area (Å²) in [6, 6.07) is 17.3. The molecule has 3 aromatic rings. The van der Waals surface area contributed by atoms with E-state index < -0.39 is 0 Å². The van der Waals surface area contributed by atoms with Crippen LogP contribution < -0.4 is 15.8 Å². The number of aryl methyl sites for hydroxylation is 1. The van der Waals surface area contributed by atoms with Crippen LogP contribution in [-0.4, -0.2) is 17.1 Å². The number of rotatable bonds is 4. The molecule has 3 N–H and O–H groups in total. The molecule has 5 nitrogen and oxygen atoms in total. The van der Waals surface area contributed by atoms with E-state index in [9.17, 15) is 0 Å². The zero-order valence-electron chi connectivity index (χ0n) is 13.5. The number of nitrogens with zero attached hydrogens (tertiary/aromatic N) is 2. The number of methoxy groups -OCH3 is 1. The normalized spacial score (nSPS) is 9.92. The summed E-state index contributed by atoms with van der Waals surface area (Å²) < 4.78 is 5.36. The van der Waals surface area contributed by atoms with E-state index in [1.54, 1.807) is 13.2 Å². The average molecular weight is 343 g/mol. The Morgan fingerprint density at radius 1 is 1.00 bits per heavy atom. The molecule has 0 amide bonds. The topological polar surface area (TPSA) is 73.1 Å². The van der Waals surface area contributed by atoms with Gasteiger partial charge >= 0.3 is 0 Å². The minimum Gasteiger partial charge on any atom is -0.495 e. The molecule has 0 atom stereocenters. The molecule has 6 heteroatoms. The summed E-state index contributed by atoms with van der Waals surface area (Å²) in [4.78, 5) is 8.94. The summed E-state index contributed by atoms with van der Waals surface area (Å²) in [5, 5.41) is 3.26. The quantitative estimate of drug-likeness (QED) is 0.695. The standard InChI is InChI=1S/C18H18N4O.ClH/c1-12-20-15(13-6-4-3-5-7-13)11-18(21-12)22-16-10-14(19)8-9-17(16)23-2;/h3-11H,19H2,1-2H3,(H,20,21,22);1H. The second-order valence-corrected chi connectivity index (χ2v) is 5.14. The van der Waals surface area contributed by atoms with Gasteiger partial charge < -0.3 is 15.8 Å². The van der Waals surface area contributed by atoms with Crippen molar-refractivity contribution in [3.05, 3.63) is 60.4 Å². The van der Waals surface area contributed by atoms with E-state index in [4.69, 9.17) is 10.5 Å². The van der Waals surface area contributed by atoms with Gasteiger partial charge in [0.1, 0.15) is 17.4 Å². The van der Waals surface area contributed by atoms with Gasteiger partial charge in [0.05, 0.1) is 18.5 Å². The van der Waals surface area contributed by atoms with Crippen molar-refractivity contribution in [2.75, 3.05) is 18.2 Å². The lowest BCUT2D eigenvalue weighted by Crippen LogP contribution is -2.01. The second-order valence-electron chi connectivity index (χ2n) is 5.14. The van der Waals surface area contributed by atoms with Crippen molar-refractivity contribution in [2.45, 2.75) is 6.92 Å². The van der Waals surface area contributed by atoms with Gasteiger partial charge in [-0.25, -0.2) is 9.97 Å². The largest absolute Gasteiger partial charge is 0.495 e. The van der Waals surface area contributed by atoms with Crippen LogP contribution in [-0.2, 0) is 0 Å². The molecule has 1 aromatic heterocycles. The zero-order chi connectivity index (χ0) is 16.2. The van der Waals surface area contributed by atoms with Gasteiger partial charge in [-0.1, -0.05) is 30.3 Å². The minimum atomic E-state index is 0. The van der Waals surface area contributed by atoms with Crippen molar-refractivity contribution < 1.29 is 4.74 Å². The van der Waals surface area contributed by atoms with Crippen LogP contribution in [0.5, 0.6) is 5.75 Å². The highest BCUT2D eigenvalue weighted by Crippen LogP contribution is 2.30. The fourth-order valence-electron chi connectivity index (χ4n) is 2.35. The number of aromatic nitrogens is 2. The number of hydrogen-bond donors (Lipinski definition) is 2. The first-order chi connectivity index (χ1) is 11.2. The number of nitrogens with two attached hydrogens (primary N) is 1. The van der Waals surface area contributed by atoms with Gasteiger partial charge in [0.2, 0.25) is 0 Å². The molecule has 0 spiro atoms. The first-order valence-electron chi connectivity index (χ1n) is 7.27. The van der Waals surface area contributed by atoms with E-state index in [1.165, 1.54) is 0 Å². The summed E-state index contributed by atoms with van der Waals surface area (Å²) >= 11 is 0. The number of nitrogens with one attached hydrogen (secondary N) is 1. The van der Waals surface area contributed by atoms with E-state index in [0.29, 0.717) is 23.1 Å². The number of nitrogen functional groups attached to an aromatic ring is 1. The Labute approximate surface area is 147 Å². The van der Waals surface area contributed by atoms with Gasteiger partial charge in [-0.3, -0.25) is 0 Å². The Kier molecular flexibility index (Phi) is 5.60. The van der Waals surface area contributed by atoms with Crippen molar-refractivity contribution in [1.82, 2.24) is 9.97 Å². The smallest absolute Gasteiger partial charge is 0.142 e. The molecule has 124 valence electrons. The number of hydrogen-bond acceptors (Lipinski definition) is 5. The van der Waals surface area contributed by atoms with Crippen molar-refractivity contribution in [1.29, 1.82) is 0 Å². The minimum absolute atomic E-state index is 0. The molecule has 0 aliphatic heterocycles. The molecule has 0 radical (unpaired) electrons. The fourth-order valence-corrected chi connectivity index (χ4v) is 2.35. The van der Waals surface area contributed by atoms with Crippen LogP contribution in [0.3, 0.4) is 0 Å². The maximum absolute atomic E-state index is 5.86. The van der Waals surface area contributed by atoms with Crippen molar-refractivity contribution in [3.63, 3.8) is 0 Å². The molecule has 0 fully saturated rings. The highest BCUT2D eigenvalue weighted by atomic mass is 35.5. The molecule has 2 aromatic carbocycles. The molecule has 1 heterocycles. The van der Waals surface area contributed by atoms with Crippen LogP contribution in [0.4, 0.5) is 17.2 Å². The molecule has 0 bridgehead atoms. The van der Waals surface area contributed by atoms with Crippen LogP contribution in [0.2, 0.25) is 0 Å². The van der Waals surface area contributed by atoms with Gasteiger partial charge in [0, 0.05) is 17.3 Å². The molecular weight excluding hydrogens is 324 g/mol. The zero-order valence-corrected chi connectivity index (χ0v) is 14.3. The SMILES string of the molecule is COc1ccc(N)cc1Nc1cc(-c2ccccc2)nc(C)n1.Cl. The van der Waals surface area contributed by atoms with E-state index in [-0.39, 0.29) is 12.4 Å². The Hall–Kier alpha value is -2.79. The Morgan fingerprint density at radius 2 is 1.75 bits per heavy atom. The molecule has 0 aliphatic carbocycles. The third-order valence-electron chi connectivity index (χ3n) is 3.39. The lowest BCUT2D eigenvalue weighted by molar-refractivity contribution is 0.417. The van der Waals surface area contributed by atoms with Crippen LogP contribution >= 0.6 is 12.4 Å². The maximum Gasteiger partial charge on any atom is 0.142 e. The lowest BCUT2D eigenvalue weighted by Gasteiger charge is -2.12. The maximum atomic E-state index is 5.86. The molecule has 0 saturated heterocycles. The Balaban J connectivity index is 0.00000208. The summed E-state index contributed by atoms with van der Waals surface area (Å²) in [6.07, 6.45) is 0. The van der Waals surface area contributed by atoms with Gasteiger partial charge in [-0.2, -0.15) is 0 Å². The summed E-state index contributed by atoms with van der Waals surface area (Å²) in [7, 11) is 1.62. The van der Waals surface area contributed by atoms with Crippen LogP contribution in [0, 0.1) is 6.92 Å². The van der Waals surface area contributed by atoms with Crippen LogP contribution in [0.1, 0.15) is 5.82 Å². The number of ether oxygens (including phenoxy) is 1.